The molecule has 0 radical (unpaired) electrons. The largest absolute Gasteiger partial charge is 0.373 e. The molecule has 0 aliphatic carbocycles. The average molecular weight is 349 g/mol. The lowest BCUT2D eigenvalue weighted by Crippen LogP contribution is -2.49. The van der Waals surface area contributed by atoms with E-state index in [1.54, 1.807) is 0 Å². The summed E-state index contributed by atoms with van der Waals surface area (Å²) in [6.45, 7) is 3.31. The lowest BCUT2D eigenvalue weighted by molar-refractivity contribution is 0.0992. The highest BCUT2D eigenvalue weighted by Crippen LogP contribution is 2.34. The number of hydrogen-bond donors (Lipinski definition) is 2. The third kappa shape index (κ3) is 3.46. The first kappa shape index (κ1) is 16.4. The molecule has 0 spiro atoms. The van der Waals surface area contributed by atoms with Gasteiger partial charge in [0.25, 0.3) is 0 Å². The molecule has 1 aromatic rings. The molecular formula is C18H28N4OS. The molecule has 0 aromatic carbocycles. The summed E-state index contributed by atoms with van der Waals surface area (Å²) in [5, 5.41) is 9.34. The Balaban J connectivity index is 1.35. The van der Waals surface area contributed by atoms with Crippen LogP contribution in [-0.4, -0.2) is 55.8 Å². The summed E-state index contributed by atoms with van der Waals surface area (Å²) in [5.74, 6) is 0.914. The van der Waals surface area contributed by atoms with Crippen LogP contribution in [0.15, 0.2) is 22.5 Å². The van der Waals surface area contributed by atoms with Gasteiger partial charge in [-0.05, 0) is 56.6 Å². The van der Waals surface area contributed by atoms with E-state index in [0.29, 0.717) is 24.3 Å². The summed E-state index contributed by atoms with van der Waals surface area (Å²) < 4.78 is 5.94. The Morgan fingerprint density at radius 2 is 2.29 bits per heavy atom. The Bertz CT molecular complexity index is 555. The van der Waals surface area contributed by atoms with Crippen molar-refractivity contribution in [2.45, 2.75) is 56.4 Å². The number of nitrogens with one attached hydrogen (secondary N) is 2. The van der Waals surface area contributed by atoms with Crippen LogP contribution in [0.25, 0.3) is 0 Å². The predicted molar refractivity (Wildman–Crippen MR) is 98.7 cm³/mol. The zero-order valence-corrected chi connectivity index (χ0v) is 15.2. The lowest BCUT2D eigenvalue weighted by atomic mass is 9.96. The van der Waals surface area contributed by atoms with Crippen LogP contribution in [0.3, 0.4) is 0 Å². The Kier molecular flexibility index (Phi) is 5.06. The summed E-state index contributed by atoms with van der Waals surface area (Å²) in [5.41, 5.74) is 0. The number of ether oxygens (including phenoxy) is 1. The third-order valence-corrected chi connectivity index (χ3v) is 6.54. The molecule has 2 N–H and O–H groups in total. The molecule has 4 atom stereocenters. The van der Waals surface area contributed by atoms with Crippen LogP contribution in [0.2, 0.25) is 0 Å². The molecule has 4 heterocycles. The Morgan fingerprint density at radius 3 is 2.92 bits per heavy atom. The first-order valence-electron chi connectivity index (χ1n) is 9.23. The fourth-order valence-electron chi connectivity index (χ4n) is 4.30. The monoisotopic (exact) mass is 348 g/mol. The van der Waals surface area contributed by atoms with Gasteiger partial charge in [0.05, 0.1) is 24.3 Å². The maximum atomic E-state index is 5.94. The molecule has 24 heavy (non-hydrogen) atoms. The summed E-state index contributed by atoms with van der Waals surface area (Å²) in [6.07, 6.45) is 7.00. The van der Waals surface area contributed by atoms with Crippen molar-refractivity contribution in [2.24, 2.45) is 4.99 Å². The van der Waals surface area contributed by atoms with Gasteiger partial charge in [-0.15, -0.1) is 11.3 Å². The number of fused-ring (bicyclic) bond motifs is 2. The van der Waals surface area contributed by atoms with Crippen LogP contribution in [-0.2, 0) is 4.74 Å². The van der Waals surface area contributed by atoms with Crippen molar-refractivity contribution >= 4 is 17.3 Å². The van der Waals surface area contributed by atoms with Crippen molar-refractivity contribution in [3.63, 3.8) is 0 Å². The summed E-state index contributed by atoms with van der Waals surface area (Å²) >= 11 is 1.86. The van der Waals surface area contributed by atoms with E-state index in [1.807, 2.05) is 18.4 Å². The lowest BCUT2D eigenvalue weighted by Gasteiger charge is -2.29. The quantitative estimate of drug-likeness (QED) is 0.634. The van der Waals surface area contributed by atoms with Crippen LogP contribution >= 0.6 is 11.3 Å². The number of thiophene rings is 1. The van der Waals surface area contributed by atoms with Gasteiger partial charge in [-0.25, -0.2) is 0 Å². The molecule has 3 aliphatic heterocycles. The number of aliphatic imine (C=N–C) groups is 1. The Morgan fingerprint density at radius 1 is 1.42 bits per heavy atom. The molecule has 3 fully saturated rings. The van der Waals surface area contributed by atoms with Gasteiger partial charge in [0.2, 0.25) is 0 Å². The van der Waals surface area contributed by atoms with Crippen molar-refractivity contribution in [2.75, 3.05) is 26.7 Å². The number of likely N-dealkylation sites (tertiary alicyclic amines) is 1. The fourth-order valence-corrected chi connectivity index (χ4v) is 5.16. The molecule has 0 amide bonds. The minimum atomic E-state index is 0.375. The number of guanidine groups is 1. The molecule has 4 unspecified atom stereocenters. The van der Waals surface area contributed by atoms with E-state index in [9.17, 15) is 0 Å². The molecule has 6 heteroatoms. The molecule has 1 aromatic heterocycles. The van der Waals surface area contributed by atoms with Crippen molar-refractivity contribution in [3.05, 3.63) is 22.4 Å². The highest BCUT2D eigenvalue weighted by molar-refractivity contribution is 7.10. The van der Waals surface area contributed by atoms with Crippen molar-refractivity contribution in [3.8, 4) is 0 Å². The van der Waals surface area contributed by atoms with E-state index < -0.39 is 0 Å². The van der Waals surface area contributed by atoms with E-state index in [4.69, 9.17) is 4.74 Å². The zero-order chi connectivity index (χ0) is 16.4. The number of nitrogens with zero attached hydrogens (tertiary/aromatic N) is 2. The third-order valence-electron chi connectivity index (χ3n) is 5.57. The highest BCUT2D eigenvalue weighted by atomic mass is 32.1. The minimum absolute atomic E-state index is 0.375. The van der Waals surface area contributed by atoms with Crippen molar-refractivity contribution < 1.29 is 4.74 Å². The van der Waals surface area contributed by atoms with E-state index in [1.165, 1.54) is 43.6 Å². The van der Waals surface area contributed by atoms with Crippen molar-refractivity contribution in [1.29, 1.82) is 0 Å². The normalized spacial score (nSPS) is 31.5. The average Bonchev–Trinajstić information content (AvgIpc) is 3.38. The van der Waals surface area contributed by atoms with Gasteiger partial charge in [-0.1, -0.05) is 6.07 Å². The van der Waals surface area contributed by atoms with Gasteiger partial charge in [-0.3, -0.25) is 9.89 Å². The highest BCUT2D eigenvalue weighted by Gasteiger charge is 2.41. The summed E-state index contributed by atoms with van der Waals surface area (Å²) in [6, 6.07) is 5.28. The smallest absolute Gasteiger partial charge is 0.191 e. The minimum Gasteiger partial charge on any atom is -0.373 e. The first-order chi connectivity index (χ1) is 11.8. The molecule has 3 saturated heterocycles. The molecule has 2 bridgehead atoms. The van der Waals surface area contributed by atoms with Crippen LogP contribution in [0.5, 0.6) is 0 Å². The van der Waals surface area contributed by atoms with Crippen LogP contribution < -0.4 is 10.6 Å². The SMILES string of the molecule is CN=C(NCC(c1cccs1)N1CCCC1)NC1CC2CCC1O2. The summed E-state index contributed by atoms with van der Waals surface area (Å²) in [4.78, 5) is 8.49. The van der Waals surface area contributed by atoms with Crippen LogP contribution in [0.1, 0.15) is 43.0 Å². The molecule has 3 aliphatic rings. The number of rotatable bonds is 5. The van der Waals surface area contributed by atoms with E-state index in [0.717, 1.165) is 18.9 Å². The number of hydrogen-bond acceptors (Lipinski definition) is 4. The van der Waals surface area contributed by atoms with Gasteiger partial charge < -0.3 is 15.4 Å². The first-order valence-corrected chi connectivity index (χ1v) is 10.1. The fraction of sp³-hybridized carbons (Fsp3) is 0.722. The molecule has 0 saturated carbocycles. The second-order valence-corrected chi connectivity index (χ2v) is 8.07. The topological polar surface area (TPSA) is 48.9 Å². The molecule has 4 rings (SSSR count). The maximum absolute atomic E-state index is 5.94. The maximum Gasteiger partial charge on any atom is 0.191 e. The summed E-state index contributed by atoms with van der Waals surface area (Å²) in [7, 11) is 1.86. The second kappa shape index (κ2) is 7.42. The second-order valence-electron chi connectivity index (χ2n) is 7.09. The van der Waals surface area contributed by atoms with E-state index in [-0.39, 0.29) is 0 Å². The molecular weight excluding hydrogens is 320 g/mol. The van der Waals surface area contributed by atoms with E-state index in [2.05, 4.69) is 38.0 Å². The Hall–Kier alpha value is -1.11. The molecule has 5 nitrogen and oxygen atoms in total. The Labute approximate surface area is 148 Å². The molecule has 132 valence electrons. The van der Waals surface area contributed by atoms with Gasteiger partial charge in [0.15, 0.2) is 5.96 Å². The van der Waals surface area contributed by atoms with Gasteiger partial charge in [-0.2, -0.15) is 0 Å². The standard InChI is InChI=1S/C18H28N4OS/c1-19-18(21-14-11-13-6-7-16(14)23-13)20-12-15(17-5-4-10-24-17)22-8-2-3-9-22/h4-5,10,13-16H,2-3,6-9,11-12H2,1H3,(H2,19,20,21). The van der Waals surface area contributed by atoms with E-state index >= 15 is 0 Å². The van der Waals surface area contributed by atoms with Gasteiger partial charge in [0, 0.05) is 18.5 Å². The van der Waals surface area contributed by atoms with Gasteiger partial charge in [0.1, 0.15) is 0 Å². The van der Waals surface area contributed by atoms with Crippen molar-refractivity contribution in [1.82, 2.24) is 15.5 Å². The van der Waals surface area contributed by atoms with Gasteiger partial charge >= 0.3 is 0 Å². The van der Waals surface area contributed by atoms with Crippen LogP contribution in [0, 0.1) is 0 Å². The zero-order valence-electron chi connectivity index (χ0n) is 14.4. The van der Waals surface area contributed by atoms with Crippen LogP contribution in [0.4, 0.5) is 0 Å². The predicted octanol–water partition coefficient (Wildman–Crippen LogP) is 2.37.